The zero-order valence-corrected chi connectivity index (χ0v) is 13.4. The minimum absolute atomic E-state index is 0.217. The lowest BCUT2D eigenvalue weighted by Crippen LogP contribution is -2.36. The van der Waals surface area contributed by atoms with Gasteiger partial charge in [0.25, 0.3) is 0 Å². The minimum atomic E-state index is -0.392. The summed E-state index contributed by atoms with van der Waals surface area (Å²) in [5, 5.41) is 5.43. The van der Waals surface area contributed by atoms with Crippen molar-refractivity contribution in [3.05, 3.63) is 54.0 Å². The van der Waals surface area contributed by atoms with E-state index in [4.69, 9.17) is 9.47 Å². The van der Waals surface area contributed by atoms with Gasteiger partial charge >= 0.3 is 6.03 Å². The Labute approximate surface area is 140 Å². The van der Waals surface area contributed by atoms with Crippen molar-refractivity contribution >= 4 is 6.03 Å². The van der Waals surface area contributed by atoms with E-state index in [-0.39, 0.29) is 11.8 Å². The number of hydrogen-bond donors (Lipinski definition) is 2. The number of amides is 2. The molecule has 6 nitrogen and oxygen atoms in total. The number of ether oxygens (including phenoxy) is 2. The molecule has 1 aromatic carbocycles. The number of aromatic nitrogens is 1. The van der Waals surface area contributed by atoms with Gasteiger partial charge in [-0.05, 0) is 24.1 Å². The molecule has 0 fully saturated rings. The van der Waals surface area contributed by atoms with Crippen LogP contribution in [0.3, 0.4) is 0 Å². The van der Waals surface area contributed by atoms with E-state index >= 15 is 0 Å². The lowest BCUT2D eigenvalue weighted by molar-refractivity contribution is 0.238. The molecule has 2 aromatic rings. The van der Waals surface area contributed by atoms with Gasteiger partial charge in [-0.25, -0.2) is 14.2 Å². The van der Waals surface area contributed by atoms with Crippen molar-refractivity contribution in [2.24, 2.45) is 0 Å². The fraction of sp³-hybridized carbons (Fsp3) is 0.294. The summed E-state index contributed by atoms with van der Waals surface area (Å²) in [6, 6.07) is 9.50. The largest absolute Gasteiger partial charge is 0.490 e. The second-order valence-corrected chi connectivity index (χ2v) is 4.95. The molecule has 0 saturated heterocycles. The summed E-state index contributed by atoms with van der Waals surface area (Å²) >= 11 is 0. The van der Waals surface area contributed by atoms with E-state index in [1.807, 2.05) is 6.07 Å². The van der Waals surface area contributed by atoms with Crippen molar-refractivity contribution in [3.8, 4) is 11.6 Å². The fourth-order valence-corrected chi connectivity index (χ4v) is 1.90. The van der Waals surface area contributed by atoms with Crippen molar-refractivity contribution < 1.29 is 18.7 Å². The number of rotatable bonds is 8. The zero-order chi connectivity index (χ0) is 17.2. The monoisotopic (exact) mass is 333 g/mol. The molecule has 128 valence electrons. The summed E-state index contributed by atoms with van der Waals surface area (Å²) in [6.45, 7) is 1.12. The standard InChI is InChI=1S/C17H20FN3O3/c1-23-16-8-7-13(11-20-16)12-21-17(22)19-9-4-10-24-15-6-3-2-5-14(15)18/h2-3,5-8,11H,4,9-10,12H2,1H3,(H2,19,21,22). The predicted octanol–water partition coefficient (Wildman–Crippen LogP) is 2.50. The van der Waals surface area contributed by atoms with E-state index < -0.39 is 5.82 Å². The Morgan fingerprint density at radius 3 is 2.75 bits per heavy atom. The molecule has 0 unspecified atom stereocenters. The van der Waals surface area contributed by atoms with E-state index in [9.17, 15) is 9.18 Å². The molecule has 2 N–H and O–H groups in total. The third kappa shape index (κ3) is 5.75. The highest BCUT2D eigenvalue weighted by Gasteiger charge is 2.03. The molecule has 0 spiro atoms. The molecule has 0 aliphatic rings. The number of carbonyl (C=O) groups excluding carboxylic acids is 1. The number of benzene rings is 1. The van der Waals surface area contributed by atoms with Crippen LogP contribution >= 0.6 is 0 Å². The number of para-hydroxylation sites is 1. The normalized spacial score (nSPS) is 10.1. The van der Waals surface area contributed by atoms with Crippen LogP contribution in [0.25, 0.3) is 0 Å². The second-order valence-electron chi connectivity index (χ2n) is 4.95. The lowest BCUT2D eigenvalue weighted by Gasteiger charge is -2.09. The Balaban J connectivity index is 1.58. The number of carbonyl (C=O) groups is 1. The molecule has 2 rings (SSSR count). The maximum absolute atomic E-state index is 13.3. The fourth-order valence-electron chi connectivity index (χ4n) is 1.90. The van der Waals surface area contributed by atoms with Gasteiger partial charge in [0.2, 0.25) is 5.88 Å². The van der Waals surface area contributed by atoms with Gasteiger partial charge in [0.1, 0.15) is 0 Å². The van der Waals surface area contributed by atoms with Gasteiger partial charge in [0.15, 0.2) is 11.6 Å². The van der Waals surface area contributed by atoms with Crippen molar-refractivity contribution in [1.82, 2.24) is 15.6 Å². The van der Waals surface area contributed by atoms with Crippen LogP contribution in [-0.4, -0.2) is 31.3 Å². The molecule has 0 saturated carbocycles. The summed E-state index contributed by atoms with van der Waals surface area (Å²) in [5.74, 6) is 0.350. The number of halogens is 1. The average Bonchev–Trinajstić information content (AvgIpc) is 2.61. The van der Waals surface area contributed by atoms with Crippen molar-refractivity contribution in [3.63, 3.8) is 0 Å². The first-order valence-corrected chi connectivity index (χ1v) is 7.57. The summed E-state index contributed by atoms with van der Waals surface area (Å²) in [7, 11) is 1.55. The van der Waals surface area contributed by atoms with Crippen molar-refractivity contribution in [1.29, 1.82) is 0 Å². The van der Waals surface area contributed by atoms with E-state index in [0.29, 0.717) is 32.0 Å². The lowest BCUT2D eigenvalue weighted by atomic mass is 10.3. The first-order valence-electron chi connectivity index (χ1n) is 7.57. The summed E-state index contributed by atoms with van der Waals surface area (Å²) in [5.41, 5.74) is 0.869. The molecule has 1 aromatic heterocycles. The van der Waals surface area contributed by atoms with Crippen LogP contribution in [0.15, 0.2) is 42.6 Å². The van der Waals surface area contributed by atoms with E-state index in [0.717, 1.165) is 5.56 Å². The quantitative estimate of drug-likeness (QED) is 0.728. The third-order valence-electron chi connectivity index (χ3n) is 3.16. The Morgan fingerprint density at radius 2 is 2.04 bits per heavy atom. The van der Waals surface area contributed by atoms with E-state index in [2.05, 4.69) is 15.6 Å². The number of nitrogens with zero attached hydrogens (tertiary/aromatic N) is 1. The van der Waals surface area contributed by atoms with Crippen molar-refractivity contribution in [2.75, 3.05) is 20.3 Å². The molecular weight excluding hydrogens is 313 g/mol. The summed E-state index contributed by atoms with van der Waals surface area (Å²) < 4.78 is 23.6. The highest BCUT2D eigenvalue weighted by atomic mass is 19.1. The molecular formula is C17H20FN3O3. The molecule has 0 atom stereocenters. The Hall–Kier alpha value is -2.83. The molecule has 0 bridgehead atoms. The van der Waals surface area contributed by atoms with Gasteiger partial charge in [-0.3, -0.25) is 0 Å². The SMILES string of the molecule is COc1ccc(CNC(=O)NCCCOc2ccccc2F)cn1. The number of urea groups is 1. The Kier molecular flexibility index (Phi) is 6.82. The van der Waals surface area contributed by atoms with Gasteiger partial charge in [-0.1, -0.05) is 18.2 Å². The van der Waals surface area contributed by atoms with Gasteiger partial charge in [-0.15, -0.1) is 0 Å². The van der Waals surface area contributed by atoms with E-state index in [1.54, 1.807) is 37.6 Å². The van der Waals surface area contributed by atoms with Crippen LogP contribution < -0.4 is 20.1 Å². The van der Waals surface area contributed by atoms with Crippen molar-refractivity contribution in [2.45, 2.75) is 13.0 Å². The van der Waals surface area contributed by atoms with Crippen LogP contribution in [0.4, 0.5) is 9.18 Å². The smallest absolute Gasteiger partial charge is 0.315 e. The molecule has 0 radical (unpaired) electrons. The van der Waals surface area contributed by atoms with Crippen LogP contribution in [0, 0.1) is 5.82 Å². The van der Waals surface area contributed by atoms with E-state index in [1.165, 1.54) is 6.07 Å². The highest BCUT2D eigenvalue weighted by Crippen LogP contribution is 2.15. The van der Waals surface area contributed by atoms with Gasteiger partial charge in [0, 0.05) is 25.4 Å². The minimum Gasteiger partial charge on any atom is -0.490 e. The molecule has 2 amide bonds. The van der Waals surface area contributed by atoms with Crippen LogP contribution in [0.2, 0.25) is 0 Å². The van der Waals surface area contributed by atoms with Gasteiger partial charge in [-0.2, -0.15) is 0 Å². The third-order valence-corrected chi connectivity index (χ3v) is 3.16. The maximum Gasteiger partial charge on any atom is 0.315 e. The van der Waals surface area contributed by atoms with Crippen LogP contribution in [0.1, 0.15) is 12.0 Å². The summed E-state index contributed by atoms with van der Waals surface area (Å²) in [6.07, 6.45) is 2.22. The molecule has 0 aliphatic heterocycles. The first-order chi connectivity index (χ1) is 11.7. The maximum atomic E-state index is 13.3. The number of methoxy groups -OCH3 is 1. The van der Waals surface area contributed by atoms with Crippen LogP contribution in [0.5, 0.6) is 11.6 Å². The Morgan fingerprint density at radius 1 is 1.21 bits per heavy atom. The highest BCUT2D eigenvalue weighted by molar-refractivity contribution is 5.73. The zero-order valence-electron chi connectivity index (χ0n) is 13.4. The van der Waals surface area contributed by atoms with Crippen LogP contribution in [-0.2, 0) is 6.54 Å². The topological polar surface area (TPSA) is 72.5 Å². The number of pyridine rings is 1. The first kappa shape index (κ1) is 17.5. The molecule has 7 heteroatoms. The second kappa shape index (κ2) is 9.34. The molecule has 0 aliphatic carbocycles. The average molecular weight is 333 g/mol. The number of nitrogens with one attached hydrogen (secondary N) is 2. The Bertz CT molecular complexity index is 650. The molecule has 1 heterocycles. The van der Waals surface area contributed by atoms with Gasteiger partial charge in [0.05, 0.1) is 13.7 Å². The predicted molar refractivity (Wildman–Crippen MR) is 87.5 cm³/mol. The van der Waals surface area contributed by atoms with Gasteiger partial charge < -0.3 is 20.1 Å². The number of hydrogen-bond acceptors (Lipinski definition) is 4. The molecule has 24 heavy (non-hydrogen) atoms. The summed E-state index contributed by atoms with van der Waals surface area (Å²) in [4.78, 5) is 15.7.